The van der Waals surface area contributed by atoms with E-state index in [1.54, 1.807) is 19.1 Å². The lowest BCUT2D eigenvalue weighted by Gasteiger charge is -2.37. The van der Waals surface area contributed by atoms with Crippen LogP contribution in [0.4, 0.5) is 0 Å². The monoisotopic (exact) mass is 456 g/mol. The number of esters is 1. The average molecular weight is 457 g/mol. The highest BCUT2D eigenvalue weighted by atomic mass is 16.5. The topological polar surface area (TPSA) is 86.3 Å². The van der Waals surface area contributed by atoms with E-state index in [-0.39, 0.29) is 17.9 Å². The van der Waals surface area contributed by atoms with E-state index >= 15 is 0 Å². The van der Waals surface area contributed by atoms with Crippen molar-refractivity contribution in [2.75, 3.05) is 41.0 Å². The molecule has 1 saturated heterocycles. The number of methoxy groups -OCH3 is 3. The second kappa shape index (κ2) is 11.6. The lowest BCUT2D eigenvalue weighted by molar-refractivity contribution is -0.151. The molecule has 2 aromatic rings. The van der Waals surface area contributed by atoms with Crippen LogP contribution in [-0.4, -0.2) is 63.8 Å². The van der Waals surface area contributed by atoms with Crippen molar-refractivity contribution < 1.29 is 28.5 Å². The highest BCUT2D eigenvalue weighted by Crippen LogP contribution is 2.38. The summed E-state index contributed by atoms with van der Waals surface area (Å²) in [5.41, 5.74) is 1.54. The number of ether oxygens (including phenoxy) is 4. The van der Waals surface area contributed by atoms with Gasteiger partial charge in [-0.05, 0) is 31.0 Å². The number of nitrogens with one attached hydrogen (secondary N) is 1. The Kier molecular flexibility index (Phi) is 8.54. The van der Waals surface area contributed by atoms with Crippen molar-refractivity contribution >= 4 is 11.9 Å². The molecule has 8 heteroatoms. The minimum atomic E-state index is -0.464. The number of hydrogen-bond donors (Lipinski definition) is 1. The van der Waals surface area contributed by atoms with Crippen LogP contribution in [-0.2, 0) is 16.1 Å². The SMILES string of the molecule is CCOC(=O)[C@@H]1CN(Cc2ccccc2)CC[C@@H]1NC(=O)c1cc(OC)c(OC)c(OC)c1. The molecule has 0 radical (unpaired) electrons. The molecule has 2 atom stereocenters. The summed E-state index contributed by atoms with van der Waals surface area (Å²) in [6, 6.07) is 13.0. The van der Waals surface area contributed by atoms with Gasteiger partial charge in [0.05, 0.1) is 33.9 Å². The Bertz CT molecular complexity index is 924. The molecule has 0 unspecified atom stereocenters. The maximum absolute atomic E-state index is 13.1. The second-order valence-electron chi connectivity index (χ2n) is 7.86. The summed E-state index contributed by atoms with van der Waals surface area (Å²) >= 11 is 0. The molecular formula is C25H32N2O6. The van der Waals surface area contributed by atoms with Crippen molar-refractivity contribution in [3.8, 4) is 17.2 Å². The zero-order valence-electron chi connectivity index (χ0n) is 19.6. The van der Waals surface area contributed by atoms with E-state index in [1.165, 1.54) is 26.9 Å². The van der Waals surface area contributed by atoms with E-state index in [0.29, 0.717) is 42.4 Å². The van der Waals surface area contributed by atoms with E-state index in [4.69, 9.17) is 18.9 Å². The van der Waals surface area contributed by atoms with Gasteiger partial charge in [0.1, 0.15) is 0 Å². The van der Waals surface area contributed by atoms with Gasteiger partial charge in [0.25, 0.3) is 5.91 Å². The summed E-state index contributed by atoms with van der Waals surface area (Å²) in [7, 11) is 4.50. The van der Waals surface area contributed by atoms with Gasteiger partial charge in [-0.15, -0.1) is 0 Å². The first-order valence-electron chi connectivity index (χ1n) is 11.0. The lowest BCUT2D eigenvalue weighted by atomic mass is 9.91. The van der Waals surface area contributed by atoms with Gasteiger partial charge in [-0.2, -0.15) is 0 Å². The summed E-state index contributed by atoms with van der Waals surface area (Å²) in [6.45, 7) is 4.08. The summed E-state index contributed by atoms with van der Waals surface area (Å²) in [6.07, 6.45) is 0.631. The number of carbonyl (C=O) groups excluding carboxylic acids is 2. The van der Waals surface area contributed by atoms with Crippen LogP contribution in [0.25, 0.3) is 0 Å². The van der Waals surface area contributed by atoms with Gasteiger partial charge >= 0.3 is 5.97 Å². The number of benzene rings is 2. The van der Waals surface area contributed by atoms with E-state index in [9.17, 15) is 9.59 Å². The first-order chi connectivity index (χ1) is 16.0. The van der Waals surface area contributed by atoms with Gasteiger partial charge in [-0.25, -0.2) is 0 Å². The third kappa shape index (κ3) is 5.96. The number of likely N-dealkylation sites (tertiary alicyclic amines) is 1. The largest absolute Gasteiger partial charge is 0.493 e. The summed E-state index contributed by atoms with van der Waals surface area (Å²) < 4.78 is 21.4. The molecule has 1 N–H and O–H groups in total. The van der Waals surface area contributed by atoms with E-state index in [2.05, 4.69) is 22.3 Å². The van der Waals surface area contributed by atoms with Crippen LogP contribution in [0.1, 0.15) is 29.3 Å². The molecule has 2 aromatic carbocycles. The molecule has 178 valence electrons. The molecule has 1 heterocycles. The molecule has 33 heavy (non-hydrogen) atoms. The molecule has 0 saturated carbocycles. The van der Waals surface area contributed by atoms with E-state index in [0.717, 1.165) is 13.1 Å². The molecule has 1 amide bonds. The molecule has 0 spiro atoms. The van der Waals surface area contributed by atoms with Crippen LogP contribution in [0.5, 0.6) is 17.2 Å². The van der Waals surface area contributed by atoms with E-state index in [1.807, 2.05) is 18.2 Å². The summed E-state index contributed by atoms with van der Waals surface area (Å²) in [4.78, 5) is 28.1. The Balaban J connectivity index is 1.77. The summed E-state index contributed by atoms with van der Waals surface area (Å²) in [5, 5.41) is 3.03. The van der Waals surface area contributed by atoms with Crippen LogP contribution in [0.2, 0.25) is 0 Å². The van der Waals surface area contributed by atoms with Crippen molar-refractivity contribution in [2.45, 2.75) is 25.9 Å². The summed E-state index contributed by atoms with van der Waals surface area (Å²) in [5.74, 6) is 0.113. The maximum atomic E-state index is 13.1. The van der Waals surface area contributed by atoms with Gasteiger partial charge in [0, 0.05) is 31.2 Å². The highest BCUT2D eigenvalue weighted by Gasteiger charge is 2.36. The van der Waals surface area contributed by atoms with Gasteiger partial charge < -0.3 is 24.3 Å². The van der Waals surface area contributed by atoms with Crippen LogP contribution >= 0.6 is 0 Å². The number of amides is 1. The molecule has 0 bridgehead atoms. The molecule has 1 fully saturated rings. The minimum Gasteiger partial charge on any atom is -0.493 e. The zero-order valence-corrected chi connectivity index (χ0v) is 19.6. The second-order valence-corrected chi connectivity index (χ2v) is 7.86. The molecule has 0 aliphatic carbocycles. The predicted molar refractivity (Wildman–Crippen MR) is 124 cm³/mol. The maximum Gasteiger partial charge on any atom is 0.312 e. The number of rotatable bonds is 9. The fraction of sp³-hybridized carbons (Fsp3) is 0.440. The third-order valence-electron chi connectivity index (χ3n) is 5.78. The van der Waals surface area contributed by atoms with Gasteiger partial charge in [0.2, 0.25) is 5.75 Å². The van der Waals surface area contributed by atoms with Crippen molar-refractivity contribution in [3.63, 3.8) is 0 Å². The average Bonchev–Trinajstić information content (AvgIpc) is 2.84. The number of piperidine rings is 1. The molecular weight excluding hydrogens is 424 g/mol. The highest BCUT2D eigenvalue weighted by molar-refractivity contribution is 5.96. The van der Waals surface area contributed by atoms with Crippen LogP contribution in [0.3, 0.4) is 0 Å². The quantitative estimate of drug-likeness (QED) is 0.581. The van der Waals surface area contributed by atoms with Crippen LogP contribution < -0.4 is 19.5 Å². The number of nitrogens with zero attached hydrogens (tertiary/aromatic N) is 1. The molecule has 3 rings (SSSR count). The van der Waals surface area contributed by atoms with Crippen molar-refractivity contribution in [1.82, 2.24) is 10.2 Å². The smallest absolute Gasteiger partial charge is 0.312 e. The van der Waals surface area contributed by atoms with Crippen molar-refractivity contribution in [2.24, 2.45) is 5.92 Å². The minimum absolute atomic E-state index is 0.293. The van der Waals surface area contributed by atoms with Gasteiger partial charge in [-0.3, -0.25) is 14.5 Å². The zero-order chi connectivity index (χ0) is 23.8. The number of hydrogen-bond acceptors (Lipinski definition) is 7. The fourth-order valence-electron chi connectivity index (χ4n) is 4.13. The Morgan fingerprint density at radius 3 is 2.27 bits per heavy atom. The van der Waals surface area contributed by atoms with Crippen LogP contribution in [0.15, 0.2) is 42.5 Å². The Morgan fingerprint density at radius 2 is 1.70 bits per heavy atom. The Labute approximate surface area is 194 Å². The first-order valence-corrected chi connectivity index (χ1v) is 11.0. The third-order valence-corrected chi connectivity index (χ3v) is 5.78. The molecule has 0 aromatic heterocycles. The van der Waals surface area contributed by atoms with Gasteiger partial charge in [-0.1, -0.05) is 30.3 Å². The van der Waals surface area contributed by atoms with Gasteiger partial charge in [0.15, 0.2) is 11.5 Å². The Morgan fingerprint density at radius 1 is 1.03 bits per heavy atom. The lowest BCUT2D eigenvalue weighted by Crippen LogP contribution is -2.53. The van der Waals surface area contributed by atoms with E-state index < -0.39 is 5.92 Å². The first kappa shape index (κ1) is 24.4. The fourth-order valence-corrected chi connectivity index (χ4v) is 4.13. The van der Waals surface area contributed by atoms with Crippen molar-refractivity contribution in [1.29, 1.82) is 0 Å². The standard InChI is InChI=1S/C25H32N2O6/c1-5-33-25(29)19-16-27(15-17-9-7-6-8-10-17)12-11-20(19)26-24(28)18-13-21(30-2)23(32-4)22(14-18)31-3/h6-10,13-14,19-20H,5,11-12,15-16H2,1-4H3,(H,26,28)/t19-,20+/m1/s1. The predicted octanol–water partition coefficient (Wildman–Crippen LogP) is 2.90. The molecule has 1 aliphatic heterocycles. The van der Waals surface area contributed by atoms with Crippen LogP contribution in [0, 0.1) is 5.92 Å². The molecule has 8 nitrogen and oxygen atoms in total. The van der Waals surface area contributed by atoms with Crippen molar-refractivity contribution in [3.05, 3.63) is 53.6 Å². The normalized spacial score (nSPS) is 18.3. The molecule has 1 aliphatic rings. The number of carbonyl (C=O) groups is 2. The Hall–Kier alpha value is -3.26.